The van der Waals surface area contributed by atoms with E-state index in [2.05, 4.69) is 11.4 Å². The predicted molar refractivity (Wildman–Crippen MR) is 83.7 cm³/mol. The zero-order chi connectivity index (χ0) is 14.8. The molecule has 0 radical (unpaired) electrons. The minimum atomic E-state index is 0.0293. The number of carbonyl (C=O) groups is 2. The Morgan fingerprint density at radius 1 is 1.33 bits per heavy atom. The van der Waals surface area contributed by atoms with Gasteiger partial charge in [0.25, 0.3) is 5.91 Å². The number of thiophene rings is 1. The third kappa shape index (κ3) is 3.28. The Kier molecular flexibility index (Phi) is 4.29. The van der Waals surface area contributed by atoms with Gasteiger partial charge in [0, 0.05) is 31.4 Å². The van der Waals surface area contributed by atoms with Crippen molar-refractivity contribution in [3.63, 3.8) is 0 Å². The van der Waals surface area contributed by atoms with E-state index in [1.165, 1.54) is 16.9 Å². The molecule has 114 valence electrons. The van der Waals surface area contributed by atoms with Crippen LogP contribution in [0.2, 0.25) is 0 Å². The summed E-state index contributed by atoms with van der Waals surface area (Å²) in [5.74, 6) is 0.736. The minimum Gasteiger partial charge on any atom is -0.356 e. The van der Waals surface area contributed by atoms with Crippen LogP contribution in [0.15, 0.2) is 6.07 Å². The molecule has 0 atom stereocenters. The minimum absolute atomic E-state index is 0.0293. The standard InChI is InChI=1S/C16H22N2O2S/c1-11(19)17-10-12-5-7-18(8-6-12)16(20)15-9-13-3-2-4-14(13)21-15/h9,12H,2-8,10H2,1H3,(H,17,19). The molecule has 0 spiro atoms. The summed E-state index contributed by atoms with van der Waals surface area (Å²) < 4.78 is 0. The number of amides is 2. The fourth-order valence-electron chi connectivity index (χ4n) is 3.22. The monoisotopic (exact) mass is 306 g/mol. The Bertz CT molecular complexity index is 523. The zero-order valence-electron chi connectivity index (χ0n) is 12.5. The molecule has 0 aromatic carbocycles. The highest BCUT2D eigenvalue weighted by Crippen LogP contribution is 2.31. The van der Waals surface area contributed by atoms with E-state index in [-0.39, 0.29) is 11.8 Å². The summed E-state index contributed by atoms with van der Waals surface area (Å²) >= 11 is 1.69. The van der Waals surface area contributed by atoms with Crippen molar-refractivity contribution in [2.75, 3.05) is 19.6 Å². The number of aryl methyl sites for hydroxylation is 2. The highest BCUT2D eigenvalue weighted by molar-refractivity contribution is 7.14. The maximum Gasteiger partial charge on any atom is 0.263 e. The molecule has 1 aliphatic heterocycles. The number of carbonyl (C=O) groups excluding carboxylic acids is 2. The molecule has 2 aliphatic rings. The third-order valence-corrected chi connectivity index (χ3v) is 5.72. The van der Waals surface area contributed by atoms with E-state index in [0.717, 1.165) is 50.2 Å². The maximum atomic E-state index is 12.5. The second kappa shape index (κ2) is 6.18. The van der Waals surface area contributed by atoms with Gasteiger partial charge in [-0.15, -0.1) is 11.3 Å². The van der Waals surface area contributed by atoms with Gasteiger partial charge in [-0.3, -0.25) is 9.59 Å². The van der Waals surface area contributed by atoms with Crippen molar-refractivity contribution in [1.29, 1.82) is 0 Å². The van der Waals surface area contributed by atoms with Crippen LogP contribution < -0.4 is 5.32 Å². The van der Waals surface area contributed by atoms with Gasteiger partial charge in [-0.1, -0.05) is 0 Å². The largest absolute Gasteiger partial charge is 0.356 e. The lowest BCUT2D eigenvalue weighted by Crippen LogP contribution is -2.41. The van der Waals surface area contributed by atoms with Crippen LogP contribution >= 0.6 is 11.3 Å². The maximum absolute atomic E-state index is 12.5. The number of hydrogen-bond donors (Lipinski definition) is 1. The number of fused-ring (bicyclic) bond motifs is 1. The van der Waals surface area contributed by atoms with Crippen molar-refractivity contribution in [2.24, 2.45) is 5.92 Å². The Morgan fingerprint density at radius 2 is 2.10 bits per heavy atom. The van der Waals surface area contributed by atoms with Gasteiger partial charge in [0.1, 0.15) is 0 Å². The Morgan fingerprint density at radius 3 is 2.76 bits per heavy atom. The van der Waals surface area contributed by atoms with Crippen LogP contribution in [0.4, 0.5) is 0 Å². The van der Waals surface area contributed by atoms with Crippen LogP contribution in [0, 0.1) is 5.92 Å². The van der Waals surface area contributed by atoms with E-state index in [1.54, 1.807) is 18.3 Å². The molecule has 0 unspecified atom stereocenters. The van der Waals surface area contributed by atoms with Crippen molar-refractivity contribution in [3.8, 4) is 0 Å². The summed E-state index contributed by atoms with van der Waals surface area (Å²) in [6.45, 7) is 3.91. The molecule has 1 aromatic heterocycles. The van der Waals surface area contributed by atoms with Crippen LogP contribution in [0.5, 0.6) is 0 Å². The molecule has 5 heteroatoms. The van der Waals surface area contributed by atoms with E-state index in [0.29, 0.717) is 5.92 Å². The molecule has 1 aliphatic carbocycles. The molecule has 0 saturated carbocycles. The Balaban J connectivity index is 1.54. The van der Waals surface area contributed by atoms with Crippen LogP contribution in [0.1, 0.15) is 46.3 Å². The highest BCUT2D eigenvalue weighted by Gasteiger charge is 2.26. The quantitative estimate of drug-likeness (QED) is 0.931. The van der Waals surface area contributed by atoms with Gasteiger partial charge in [-0.25, -0.2) is 0 Å². The van der Waals surface area contributed by atoms with Gasteiger partial charge in [0.15, 0.2) is 0 Å². The van der Waals surface area contributed by atoms with Gasteiger partial charge in [-0.2, -0.15) is 0 Å². The number of hydrogen-bond acceptors (Lipinski definition) is 3. The lowest BCUT2D eigenvalue weighted by Gasteiger charge is -2.31. The predicted octanol–water partition coefficient (Wildman–Crippen LogP) is 2.23. The molecule has 21 heavy (non-hydrogen) atoms. The molecule has 1 saturated heterocycles. The highest BCUT2D eigenvalue weighted by atomic mass is 32.1. The number of rotatable bonds is 3. The fourth-order valence-corrected chi connectivity index (χ4v) is 4.44. The number of nitrogens with one attached hydrogen (secondary N) is 1. The first-order valence-corrected chi connectivity index (χ1v) is 8.60. The first-order chi connectivity index (χ1) is 10.1. The molecule has 4 nitrogen and oxygen atoms in total. The van der Waals surface area contributed by atoms with Crippen LogP contribution in [0.3, 0.4) is 0 Å². The van der Waals surface area contributed by atoms with Gasteiger partial charge >= 0.3 is 0 Å². The van der Waals surface area contributed by atoms with Gasteiger partial charge in [-0.05, 0) is 49.7 Å². The third-order valence-electron chi connectivity index (χ3n) is 4.50. The lowest BCUT2D eigenvalue weighted by molar-refractivity contribution is -0.119. The van der Waals surface area contributed by atoms with E-state index in [4.69, 9.17) is 0 Å². The summed E-state index contributed by atoms with van der Waals surface area (Å²) in [6.07, 6.45) is 5.49. The number of nitrogens with zero attached hydrogens (tertiary/aromatic N) is 1. The Hall–Kier alpha value is -1.36. The molecule has 3 rings (SSSR count). The second-order valence-electron chi connectivity index (χ2n) is 6.09. The van der Waals surface area contributed by atoms with Crippen LogP contribution in [-0.4, -0.2) is 36.3 Å². The summed E-state index contributed by atoms with van der Waals surface area (Å²) in [4.78, 5) is 27.8. The Labute approximate surface area is 129 Å². The first-order valence-electron chi connectivity index (χ1n) is 7.79. The van der Waals surface area contributed by atoms with Crippen molar-refractivity contribution >= 4 is 23.2 Å². The van der Waals surface area contributed by atoms with Crippen LogP contribution in [0.25, 0.3) is 0 Å². The normalized spacial score (nSPS) is 18.6. The smallest absolute Gasteiger partial charge is 0.263 e. The summed E-state index contributed by atoms with van der Waals surface area (Å²) in [6, 6.07) is 2.11. The molecule has 0 bridgehead atoms. The van der Waals surface area contributed by atoms with Gasteiger partial charge in [0.2, 0.25) is 5.91 Å². The van der Waals surface area contributed by atoms with Gasteiger partial charge in [0.05, 0.1) is 4.88 Å². The molecule has 1 fully saturated rings. The van der Waals surface area contributed by atoms with Crippen molar-refractivity contribution in [1.82, 2.24) is 10.2 Å². The van der Waals surface area contributed by atoms with Crippen molar-refractivity contribution in [2.45, 2.75) is 39.0 Å². The lowest BCUT2D eigenvalue weighted by atomic mass is 9.96. The van der Waals surface area contributed by atoms with Crippen LogP contribution in [-0.2, 0) is 17.6 Å². The number of likely N-dealkylation sites (tertiary alicyclic amines) is 1. The average molecular weight is 306 g/mol. The summed E-state index contributed by atoms with van der Waals surface area (Å²) in [7, 11) is 0. The fraction of sp³-hybridized carbons (Fsp3) is 0.625. The first kappa shape index (κ1) is 14.6. The van der Waals surface area contributed by atoms with E-state index < -0.39 is 0 Å². The molecule has 1 N–H and O–H groups in total. The van der Waals surface area contributed by atoms with E-state index >= 15 is 0 Å². The molecule has 2 heterocycles. The van der Waals surface area contributed by atoms with Crippen molar-refractivity contribution in [3.05, 3.63) is 21.4 Å². The SMILES string of the molecule is CC(=O)NCC1CCN(C(=O)c2cc3c(s2)CCC3)CC1. The molecular formula is C16H22N2O2S. The van der Waals surface area contributed by atoms with E-state index in [9.17, 15) is 9.59 Å². The molecular weight excluding hydrogens is 284 g/mol. The number of piperidine rings is 1. The van der Waals surface area contributed by atoms with E-state index in [1.807, 2.05) is 4.90 Å². The second-order valence-corrected chi connectivity index (χ2v) is 7.22. The molecule has 2 amide bonds. The summed E-state index contributed by atoms with van der Waals surface area (Å²) in [5.41, 5.74) is 1.39. The zero-order valence-corrected chi connectivity index (χ0v) is 13.3. The average Bonchev–Trinajstić information content (AvgIpc) is 3.06. The van der Waals surface area contributed by atoms with Crippen molar-refractivity contribution < 1.29 is 9.59 Å². The molecule has 1 aromatic rings. The summed E-state index contributed by atoms with van der Waals surface area (Å²) in [5, 5.41) is 2.88. The topological polar surface area (TPSA) is 49.4 Å². The van der Waals surface area contributed by atoms with Gasteiger partial charge < -0.3 is 10.2 Å².